The number of aromatic nitrogens is 2. The van der Waals surface area contributed by atoms with Gasteiger partial charge >= 0.3 is 0 Å². The number of benzene rings is 2. The molecular weight excluding hydrogens is 400 g/mol. The largest absolute Gasteiger partial charge is 0.497 e. The molecule has 166 valence electrons. The first-order valence-electron chi connectivity index (χ1n) is 11.5. The van der Waals surface area contributed by atoms with Gasteiger partial charge in [0.1, 0.15) is 11.6 Å². The van der Waals surface area contributed by atoms with Gasteiger partial charge in [-0.15, -0.1) is 0 Å². The Morgan fingerprint density at radius 1 is 1.06 bits per heavy atom. The summed E-state index contributed by atoms with van der Waals surface area (Å²) >= 11 is 0. The average Bonchev–Trinajstić information content (AvgIpc) is 3.50. The van der Waals surface area contributed by atoms with E-state index in [1.807, 2.05) is 30.3 Å². The van der Waals surface area contributed by atoms with E-state index >= 15 is 0 Å². The zero-order valence-corrected chi connectivity index (χ0v) is 18.4. The molecule has 1 aromatic heterocycles. The maximum absolute atomic E-state index is 12.4. The maximum Gasteiger partial charge on any atom is 0.229 e. The molecule has 2 aliphatic rings. The fourth-order valence-corrected chi connectivity index (χ4v) is 4.37. The minimum Gasteiger partial charge on any atom is -0.497 e. The first-order chi connectivity index (χ1) is 15.7. The number of H-pyrrole nitrogens is 1. The molecule has 2 aromatic carbocycles. The Morgan fingerprint density at radius 2 is 1.88 bits per heavy atom. The minimum absolute atomic E-state index is 0.0616. The Balaban J connectivity index is 1.11. The maximum atomic E-state index is 12.4. The van der Waals surface area contributed by atoms with Gasteiger partial charge in [0, 0.05) is 24.6 Å². The van der Waals surface area contributed by atoms with Gasteiger partial charge in [0.2, 0.25) is 5.91 Å². The van der Waals surface area contributed by atoms with E-state index in [0.717, 1.165) is 42.4 Å². The van der Waals surface area contributed by atoms with Crippen molar-refractivity contribution >= 4 is 11.7 Å². The molecule has 1 amide bonds. The van der Waals surface area contributed by atoms with Crippen LogP contribution in [0.2, 0.25) is 0 Å². The van der Waals surface area contributed by atoms with Crippen LogP contribution in [0.3, 0.4) is 0 Å². The van der Waals surface area contributed by atoms with Crippen molar-refractivity contribution < 1.29 is 9.53 Å². The summed E-state index contributed by atoms with van der Waals surface area (Å²) in [7, 11) is 1.63. The van der Waals surface area contributed by atoms with Gasteiger partial charge < -0.3 is 15.4 Å². The van der Waals surface area contributed by atoms with Crippen LogP contribution >= 0.6 is 0 Å². The van der Waals surface area contributed by atoms with Crippen molar-refractivity contribution in [2.24, 2.45) is 0 Å². The van der Waals surface area contributed by atoms with E-state index in [-0.39, 0.29) is 5.91 Å². The van der Waals surface area contributed by atoms with E-state index < -0.39 is 0 Å². The van der Waals surface area contributed by atoms with Crippen LogP contribution in [0.5, 0.6) is 5.75 Å². The number of aromatic amines is 1. The number of nitrogens with zero attached hydrogens (tertiary/aromatic N) is 1. The molecule has 0 radical (unpaired) electrons. The molecule has 0 unspecified atom stereocenters. The number of hydrogen-bond donors (Lipinski definition) is 3. The molecule has 0 atom stereocenters. The normalized spacial score (nSPS) is 19.9. The van der Waals surface area contributed by atoms with Crippen molar-refractivity contribution in [1.29, 1.82) is 0 Å². The highest BCUT2D eigenvalue weighted by Crippen LogP contribution is 2.47. The summed E-state index contributed by atoms with van der Waals surface area (Å²) < 4.78 is 5.16. The van der Waals surface area contributed by atoms with E-state index in [1.54, 1.807) is 7.11 Å². The number of carbonyl (C=O) groups is 1. The molecule has 0 spiro atoms. The van der Waals surface area contributed by atoms with Gasteiger partial charge in [-0.1, -0.05) is 36.4 Å². The predicted octanol–water partition coefficient (Wildman–Crippen LogP) is 4.51. The Labute approximate surface area is 188 Å². The molecule has 6 nitrogen and oxygen atoms in total. The molecule has 2 saturated carbocycles. The van der Waals surface area contributed by atoms with Gasteiger partial charge in [-0.3, -0.25) is 9.89 Å². The summed E-state index contributed by atoms with van der Waals surface area (Å²) in [6.45, 7) is 0.966. The molecule has 6 heteroatoms. The summed E-state index contributed by atoms with van der Waals surface area (Å²) in [4.78, 5) is 12.4. The van der Waals surface area contributed by atoms with Gasteiger partial charge in [-0.2, -0.15) is 5.10 Å². The second-order valence-corrected chi connectivity index (χ2v) is 9.04. The molecular formula is C26H30N4O2. The first-order valence-corrected chi connectivity index (χ1v) is 11.5. The highest BCUT2D eigenvalue weighted by atomic mass is 16.5. The summed E-state index contributed by atoms with van der Waals surface area (Å²) in [5.74, 6) is 2.42. The first kappa shape index (κ1) is 20.8. The van der Waals surface area contributed by atoms with Crippen LogP contribution in [0.15, 0.2) is 54.6 Å². The summed E-state index contributed by atoms with van der Waals surface area (Å²) in [6.07, 6.45) is 5.15. The Kier molecular flexibility index (Phi) is 5.95. The van der Waals surface area contributed by atoms with E-state index in [4.69, 9.17) is 4.74 Å². The molecule has 0 bridgehead atoms. The SMILES string of the molecule is COc1ccc(CC(=O)Nc2cc([C@H]3C[C@@H](c4cccc(CNC5CC5)c4)C3)n[nH]2)cc1. The molecule has 0 aliphatic heterocycles. The van der Waals surface area contributed by atoms with E-state index in [1.165, 1.54) is 24.0 Å². The standard InChI is InChI=1S/C26H30N4O2/c1-32-23-9-5-17(6-10-23)12-26(31)28-25-15-24(29-30-25)21-13-20(14-21)19-4-2-3-18(11-19)16-27-22-7-8-22/h2-6,9-11,15,20-22,27H,7-8,12-14,16H2,1H3,(H2,28,29,30,31)/t20-,21+. The molecule has 1 heterocycles. The van der Waals surface area contributed by atoms with Crippen LogP contribution in [-0.2, 0) is 17.8 Å². The zero-order valence-electron chi connectivity index (χ0n) is 18.4. The minimum atomic E-state index is -0.0616. The summed E-state index contributed by atoms with van der Waals surface area (Å²) in [6, 6.07) is 19.2. The highest BCUT2D eigenvalue weighted by Gasteiger charge is 2.33. The van der Waals surface area contributed by atoms with Gasteiger partial charge in [0.25, 0.3) is 0 Å². The number of methoxy groups -OCH3 is 1. The van der Waals surface area contributed by atoms with Crippen molar-refractivity contribution in [3.63, 3.8) is 0 Å². The molecule has 0 saturated heterocycles. The molecule has 2 aliphatic carbocycles. The van der Waals surface area contributed by atoms with Crippen LogP contribution < -0.4 is 15.4 Å². The molecule has 5 rings (SSSR count). The topological polar surface area (TPSA) is 79.0 Å². The van der Waals surface area contributed by atoms with E-state index in [9.17, 15) is 4.79 Å². The third-order valence-corrected chi connectivity index (χ3v) is 6.55. The number of anilines is 1. The highest BCUT2D eigenvalue weighted by molar-refractivity contribution is 5.91. The lowest BCUT2D eigenvalue weighted by Crippen LogP contribution is -2.21. The van der Waals surface area contributed by atoms with E-state index in [0.29, 0.717) is 24.1 Å². The fourth-order valence-electron chi connectivity index (χ4n) is 4.37. The molecule has 3 aromatic rings. The lowest BCUT2D eigenvalue weighted by atomic mass is 9.70. The third-order valence-electron chi connectivity index (χ3n) is 6.55. The smallest absolute Gasteiger partial charge is 0.229 e. The summed E-state index contributed by atoms with van der Waals surface area (Å²) in [5.41, 5.74) is 4.78. The van der Waals surface area contributed by atoms with Crippen molar-refractivity contribution in [2.75, 3.05) is 12.4 Å². The van der Waals surface area contributed by atoms with Crippen LogP contribution in [0.25, 0.3) is 0 Å². The number of rotatable bonds is 9. The third kappa shape index (κ3) is 5.02. The second kappa shape index (κ2) is 9.17. The van der Waals surface area contributed by atoms with Gasteiger partial charge in [0.15, 0.2) is 0 Å². The van der Waals surface area contributed by atoms with Crippen LogP contribution in [-0.4, -0.2) is 29.3 Å². The van der Waals surface area contributed by atoms with Gasteiger partial charge in [0.05, 0.1) is 19.2 Å². The van der Waals surface area contributed by atoms with E-state index in [2.05, 4.69) is 45.1 Å². The number of ether oxygens (including phenoxy) is 1. The average molecular weight is 431 g/mol. The Morgan fingerprint density at radius 3 is 2.62 bits per heavy atom. The number of amides is 1. The molecule has 3 N–H and O–H groups in total. The van der Waals surface area contributed by atoms with Crippen LogP contribution in [0.1, 0.15) is 59.9 Å². The van der Waals surface area contributed by atoms with Crippen LogP contribution in [0, 0.1) is 0 Å². The number of nitrogens with one attached hydrogen (secondary N) is 3. The van der Waals surface area contributed by atoms with Crippen molar-refractivity contribution in [1.82, 2.24) is 15.5 Å². The predicted molar refractivity (Wildman–Crippen MR) is 125 cm³/mol. The Hall–Kier alpha value is -3.12. The lowest BCUT2D eigenvalue weighted by Gasteiger charge is -2.34. The Bertz CT molecular complexity index is 1070. The van der Waals surface area contributed by atoms with Crippen LogP contribution in [0.4, 0.5) is 5.82 Å². The monoisotopic (exact) mass is 430 g/mol. The number of carbonyl (C=O) groups excluding carboxylic acids is 1. The van der Waals surface area contributed by atoms with Gasteiger partial charge in [-0.25, -0.2) is 0 Å². The van der Waals surface area contributed by atoms with Crippen molar-refractivity contribution in [3.05, 3.63) is 77.0 Å². The quantitative estimate of drug-likeness (QED) is 0.467. The zero-order chi connectivity index (χ0) is 21.9. The van der Waals surface area contributed by atoms with Crippen molar-refractivity contribution in [2.45, 2.75) is 56.5 Å². The lowest BCUT2D eigenvalue weighted by molar-refractivity contribution is -0.115. The fraction of sp³-hybridized carbons (Fsp3) is 0.385. The van der Waals surface area contributed by atoms with Gasteiger partial charge in [-0.05, 0) is 60.4 Å². The molecule has 2 fully saturated rings. The second-order valence-electron chi connectivity index (χ2n) is 9.04. The number of hydrogen-bond acceptors (Lipinski definition) is 4. The summed E-state index contributed by atoms with van der Waals surface area (Å²) in [5, 5.41) is 14.0. The molecule has 32 heavy (non-hydrogen) atoms. The van der Waals surface area contributed by atoms with Crippen molar-refractivity contribution in [3.8, 4) is 5.75 Å².